The van der Waals surface area contributed by atoms with Gasteiger partial charge in [-0.2, -0.15) is 0 Å². The third-order valence-electron chi connectivity index (χ3n) is 6.15. The summed E-state index contributed by atoms with van der Waals surface area (Å²) in [5.41, 5.74) is 2.50. The average molecular weight is 503 g/mol. The maximum atomic E-state index is 13.5. The first-order valence-electron chi connectivity index (χ1n) is 11.5. The monoisotopic (exact) mass is 502 g/mol. The molecular weight excluding hydrogens is 480 g/mol. The Morgan fingerprint density at radius 3 is 2.06 bits per heavy atom. The maximum absolute atomic E-state index is 13.5. The van der Waals surface area contributed by atoms with Crippen molar-refractivity contribution in [1.82, 2.24) is 10.2 Å². The molecule has 36 heavy (non-hydrogen) atoms. The normalized spacial score (nSPS) is 18.9. The van der Waals surface area contributed by atoms with E-state index in [0.29, 0.717) is 11.1 Å². The SMILES string of the molecule is O=C(OC(c1ccccc1)c1ccccc1)C1=C(CCl)COC2C(NC(=O)c3ccccc3)C(=O)N12. The van der Waals surface area contributed by atoms with Gasteiger partial charge in [-0.3, -0.25) is 14.5 Å². The lowest BCUT2D eigenvalue weighted by Gasteiger charge is -2.49. The van der Waals surface area contributed by atoms with Gasteiger partial charge in [0.2, 0.25) is 0 Å². The number of carbonyl (C=O) groups excluding carboxylic acids is 3. The van der Waals surface area contributed by atoms with Crippen LogP contribution in [0.3, 0.4) is 0 Å². The molecular formula is C28H23ClN2O5. The van der Waals surface area contributed by atoms with Crippen molar-refractivity contribution in [1.29, 1.82) is 0 Å². The van der Waals surface area contributed by atoms with E-state index < -0.39 is 36.2 Å². The van der Waals surface area contributed by atoms with Gasteiger partial charge >= 0.3 is 5.97 Å². The summed E-state index contributed by atoms with van der Waals surface area (Å²) in [7, 11) is 0. The average Bonchev–Trinajstić information content (AvgIpc) is 2.94. The fraction of sp³-hybridized carbons (Fsp3) is 0.179. The standard InChI is InChI=1S/C28H23ClN2O5/c29-16-21-17-35-27-22(30-25(32)20-14-8-3-9-15-20)26(33)31(27)23(21)28(34)36-24(18-10-4-1-5-11-18)19-12-6-2-7-13-19/h1-15,22,24,27H,16-17H2,(H,30,32). The number of carbonyl (C=O) groups is 3. The van der Waals surface area contributed by atoms with Crippen LogP contribution in [0.15, 0.2) is 102 Å². The number of hydrogen-bond acceptors (Lipinski definition) is 5. The predicted molar refractivity (Wildman–Crippen MR) is 133 cm³/mol. The summed E-state index contributed by atoms with van der Waals surface area (Å²) >= 11 is 6.12. The molecule has 1 N–H and O–H groups in total. The van der Waals surface area contributed by atoms with E-state index in [4.69, 9.17) is 21.1 Å². The summed E-state index contributed by atoms with van der Waals surface area (Å²) in [6.07, 6.45) is -1.51. The molecule has 5 rings (SSSR count). The fourth-order valence-corrected chi connectivity index (χ4v) is 4.54. The molecule has 1 fully saturated rings. The van der Waals surface area contributed by atoms with Crippen molar-refractivity contribution in [3.63, 3.8) is 0 Å². The van der Waals surface area contributed by atoms with Gasteiger partial charge in [-0.25, -0.2) is 4.79 Å². The van der Waals surface area contributed by atoms with Crippen molar-refractivity contribution in [3.8, 4) is 0 Å². The van der Waals surface area contributed by atoms with E-state index in [1.54, 1.807) is 30.3 Å². The van der Waals surface area contributed by atoms with Crippen molar-refractivity contribution < 1.29 is 23.9 Å². The Bertz CT molecular complexity index is 1260. The van der Waals surface area contributed by atoms with E-state index >= 15 is 0 Å². The van der Waals surface area contributed by atoms with E-state index in [1.807, 2.05) is 60.7 Å². The van der Waals surface area contributed by atoms with Gasteiger partial charge in [0.1, 0.15) is 5.70 Å². The number of alkyl halides is 1. The predicted octanol–water partition coefficient (Wildman–Crippen LogP) is 3.81. The van der Waals surface area contributed by atoms with Crippen molar-refractivity contribution in [2.75, 3.05) is 12.5 Å². The molecule has 2 aliphatic rings. The van der Waals surface area contributed by atoms with Crippen LogP contribution in [0.1, 0.15) is 27.6 Å². The lowest BCUT2D eigenvalue weighted by molar-refractivity contribution is -0.184. The van der Waals surface area contributed by atoms with E-state index in [2.05, 4.69) is 5.32 Å². The zero-order chi connectivity index (χ0) is 25.1. The van der Waals surface area contributed by atoms with Crippen molar-refractivity contribution in [2.45, 2.75) is 18.4 Å². The molecule has 2 amide bonds. The highest BCUT2D eigenvalue weighted by Crippen LogP contribution is 2.36. The third kappa shape index (κ3) is 4.51. The van der Waals surface area contributed by atoms with Crippen LogP contribution in [0.5, 0.6) is 0 Å². The largest absolute Gasteiger partial charge is 0.448 e. The summed E-state index contributed by atoms with van der Waals surface area (Å²) in [6, 6.07) is 26.4. The Balaban J connectivity index is 1.39. The number of rotatable bonds is 7. The molecule has 1 saturated heterocycles. The second kappa shape index (κ2) is 10.4. The zero-order valence-electron chi connectivity index (χ0n) is 19.2. The Hall–Kier alpha value is -3.94. The van der Waals surface area contributed by atoms with Gasteiger partial charge in [-0.05, 0) is 23.3 Å². The summed E-state index contributed by atoms with van der Waals surface area (Å²) in [5.74, 6) is -1.56. The summed E-state index contributed by atoms with van der Waals surface area (Å²) in [4.78, 5) is 40.5. The third-order valence-corrected chi connectivity index (χ3v) is 6.48. The number of nitrogens with one attached hydrogen (secondary N) is 1. The molecule has 0 saturated carbocycles. The van der Waals surface area contributed by atoms with E-state index in [0.717, 1.165) is 11.1 Å². The Kier molecular flexibility index (Phi) is 6.84. The highest BCUT2D eigenvalue weighted by atomic mass is 35.5. The van der Waals surface area contributed by atoms with Gasteiger partial charge in [-0.15, -0.1) is 11.6 Å². The van der Waals surface area contributed by atoms with Crippen molar-refractivity contribution >= 4 is 29.4 Å². The first-order valence-corrected chi connectivity index (χ1v) is 12.0. The molecule has 0 bridgehead atoms. The molecule has 2 heterocycles. The lowest BCUT2D eigenvalue weighted by Crippen LogP contribution is -2.73. The van der Waals surface area contributed by atoms with Crippen LogP contribution in [0.4, 0.5) is 0 Å². The lowest BCUT2D eigenvalue weighted by atomic mass is 9.98. The minimum Gasteiger partial charge on any atom is -0.448 e. The number of nitrogens with zero attached hydrogens (tertiary/aromatic N) is 1. The number of amides is 2. The van der Waals surface area contributed by atoms with Crippen LogP contribution in [-0.4, -0.2) is 47.4 Å². The van der Waals surface area contributed by atoms with Crippen LogP contribution in [0, 0.1) is 0 Å². The highest BCUT2D eigenvalue weighted by Gasteiger charge is 2.55. The minimum absolute atomic E-state index is 0.0106. The second-order valence-corrected chi connectivity index (χ2v) is 8.69. The summed E-state index contributed by atoms with van der Waals surface area (Å²) < 4.78 is 11.8. The summed E-state index contributed by atoms with van der Waals surface area (Å²) in [5, 5.41) is 2.70. The van der Waals surface area contributed by atoms with Gasteiger partial charge in [-0.1, -0.05) is 78.9 Å². The van der Waals surface area contributed by atoms with Crippen LogP contribution in [0.25, 0.3) is 0 Å². The van der Waals surface area contributed by atoms with Gasteiger partial charge in [0.15, 0.2) is 18.4 Å². The van der Waals surface area contributed by atoms with Crippen LogP contribution < -0.4 is 5.32 Å². The molecule has 3 aromatic carbocycles. The molecule has 0 radical (unpaired) electrons. The number of esters is 1. The van der Waals surface area contributed by atoms with E-state index in [1.165, 1.54) is 4.90 Å². The van der Waals surface area contributed by atoms with Crippen LogP contribution in [-0.2, 0) is 19.1 Å². The topological polar surface area (TPSA) is 84.9 Å². The quantitative estimate of drug-likeness (QED) is 0.302. The number of ether oxygens (including phenoxy) is 2. The van der Waals surface area contributed by atoms with Gasteiger partial charge in [0.05, 0.1) is 6.61 Å². The summed E-state index contributed by atoms with van der Waals surface area (Å²) in [6.45, 7) is 0.0431. The minimum atomic E-state index is -0.920. The molecule has 0 aliphatic carbocycles. The number of halogens is 1. The van der Waals surface area contributed by atoms with Crippen LogP contribution >= 0.6 is 11.6 Å². The Morgan fingerprint density at radius 1 is 0.944 bits per heavy atom. The van der Waals surface area contributed by atoms with Gasteiger partial charge in [0, 0.05) is 17.0 Å². The van der Waals surface area contributed by atoms with Crippen molar-refractivity contribution in [3.05, 3.63) is 119 Å². The van der Waals surface area contributed by atoms with E-state index in [9.17, 15) is 14.4 Å². The molecule has 8 heteroatoms. The highest BCUT2D eigenvalue weighted by molar-refractivity contribution is 6.20. The second-order valence-electron chi connectivity index (χ2n) is 8.42. The van der Waals surface area contributed by atoms with Gasteiger partial charge < -0.3 is 14.8 Å². The Morgan fingerprint density at radius 2 is 1.50 bits per heavy atom. The number of β-lactam (4-membered cyclic amide) rings is 1. The number of fused-ring (bicyclic) bond motifs is 1. The molecule has 2 aliphatic heterocycles. The molecule has 3 aromatic rings. The molecule has 7 nitrogen and oxygen atoms in total. The maximum Gasteiger partial charge on any atom is 0.356 e. The molecule has 0 spiro atoms. The molecule has 2 unspecified atom stereocenters. The Labute approximate surface area is 213 Å². The first kappa shape index (κ1) is 23.8. The number of hydrogen-bond donors (Lipinski definition) is 1. The smallest absolute Gasteiger partial charge is 0.356 e. The number of benzene rings is 3. The van der Waals surface area contributed by atoms with E-state index in [-0.39, 0.29) is 18.2 Å². The van der Waals surface area contributed by atoms with Crippen LogP contribution in [0.2, 0.25) is 0 Å². The first-order chi connectivity index (χ1) is 17.6. The molecule has 182 valence electrons. The fourth-order valence-electron chi connectivity index (χ4n) is 4.34. The molecule has 2 atom stereocenters. The zero-order valence-corrected chi connectivity index (χ0v) is 19.9. The van der Waals surface area contributed by atoms with Crippen molar-refractivity contribution in [2.24, 2.45) is 0 Å². The van der Waals surface area contributed by atoms with Gasteiger partial charge in [0.25, 0.3) is 11.8 Å². The molecule has 0 aromatic heterocycles.